The first-order valence-electron chi connectivity index (χ1n) is 4.73. The molecule has 0 N–H and O–H groups in total. The molecule has 72 valence electrons. The lowest BCUT2D eigenvalue weighted by atomic mass is 10.2. The fraction of sp³-hybridized carbons (Fsp3) is 0.778. The van der Waals surface area contributed by atoms with Crippen molar-refractivity contribution in [3.63, 3.8) is 0 Å². The van der Waals surface area contributed by atoms with Crippen LogP contribution in [0, 0.1) is 0 Å². The fourth-order valence-corrected chi connectivity index (χ4v) is 1.94. The van der Waals surface area contributed by atoms with E-state index in [1.54, 1.807) is 0 Å². The molecule has 0 bridgehead atoms. The molecule has 1 aromatic rings. The highest BCUT2D eigenvalue weighted by atomic mass is 79.9. The third-order valence-corrected chi connectivity index (χ3v) is 2.84. The Morgan fingerprint density at radius 3 is 2.62 bits per heavy atom. The number of nitrogens with zero attached hydrogens (tertiary/aromatic N) is 3. The monoisotopic (exact) mass is 243 g/mol. The molecule has 0 spiro atoms. The number of alkyl halides is 1. The van der Waals surface area contributed by atoms with Crippen molar-refractivity contribution in [3.05, 3.63) is 11.6 Å². The number of hydrogen-bond acceptors (Lipinski definition) is 2. The molecule has 0 aliphatic heterocycles. The summed E-state index contributed by atoms with van der Waals surface area (Å²) in [6.45, 7) is 4.34. The van der Waals surface area contributed by atoms with Gasteiger partial charge in [0.2, 0.25) is 0 Å². The zero-order valence-electron chi connectivity index (χ0n) is 8.00. The van der Waals surface area contributed by atoms with Crippen molar-refractivity contribution in [2.45, 2.75) is 44.0 Å². The molecule has 0 radical (unpaired) electrons. The standard InChI is InChI=1S/C9H14BrN3/c1-6(2)9-12-11-8(5-10)13(9)7-3-4-7/h6-7H,3-5H2,1-2H3. The second kappa shape index (κ2) is 3.40. The van der Waals surface area contributed by atoms with E-state index in [1.165, 1.54) is 12.8 Å². The maximum Gasteiger partial charge on any atom is 0.143 e. The van der Waals surface area contributed by atoms with Crippen LogP contribution < -0.4 is 0 Å². The molecule has 0 atom stereocenters. The van der Waals surface area contributed by atoms with Crippen molar-refractivity contribution < 1.29 is 0 Å². The first kappa shape index (κ1) is 9.19. The van der Waals surface area contributed by atoms with E-state index < -0.39 is 0 Å². The van der Waals surface area contributed by atoms with Gasteiger partial charge in [0.25, 0.3) is 0 Å². The number of aromatic nitrogens is 3. The van der Waals surface area contributed by atoms with Crippen LogP contribution in [0.15, 0.2) is 0 Å². The van der Waals surface area contributed by atoms with E-state index in [1.807, 2.05) is 0 Å². The van der Waals surface area contributed by atoms with Crippen molar-refractivity contribution in [3.8, 4) is 0 Å². The molecule has 0 saturated heterocycles. The summed E-state index contributed by atoms with van der Waals surface area (Å²) in [7, 11) is 0. The SMILES string of the molecule is CC(C)c1nnc(CBr)n1C1CC1. The molecule has 1 aromatic heterocycles. The smallest absolute Gasteiger partial charge is 0.143 e. The molecule has 1 aliphatic rings. The van der Waals surface area contributed by atoms with Crippen LogP contribution in [0.4, 0.5) is 0 Å². The highest BCUT2D eigenvalue weighted by Crippen LogP contribution is 2.38. The summed E-state index contributed by atoms with van der Waals surface area (Å²) >= 11 is 3.44. The normalized spacial score (nSPS) is 16.9. The van der Waals surface area contributed by atoms with E-state index in [0.29, 0.717) is 12.0 Å². The predicted octanol–water partition coefficient (Wildman–Crippen LogP) is 2.63. The maximum atomic E-state index is 4.23. The van der Waals surface area contributed by atoms with Crippen molar-refractivity contribution in [1.29, 1.82) is 0 Å². The van der Waals surface area contributed by atoms with Gasteiger partial charge in [0.1, 0.15) is 11.6 Å². The van der Waals surface area contributed by atoms with Gasteiger partial charge >= 0.3 is 0 Å². The van der Waals surface area contributed by atoms with Crippen molar-refractivity contribution in [1.82, 2.24) is 14.8 Å². The van der Waals surface area contributed by atoms with Gasteiger partial charge in [0.15, 0.2) is 0 Å². The molecule has 13 heavy (non-hydrogen) atoms. The van der Waals surface area contributed by atoms with Crippen LogP contribution in [-0.4, -0.2) is 14.8 Å². The molecule has 1 saturated carbocycles. The summed E-state index contributed by atoms with van der Waals surface area (Å²) in [6.07, 6.45) is 2.58. The molecule has 3 nitrogen and oxygen atoms in total. The topological polar surface area (TPSA) is 30.7 Å². The Morgan fingerprint density at radius 2 is 2.15 bits per heavy atom. The molecule has 2 rings (SSSR count). The van der Waals surface area contributed by atoms with Crippen LogP contribution in [0.25, 0.3) is 0 Å². The van der Waals surface area contributed by atoms with Gasteiger partial charge < -0.3 is 4.57 Å². The summed E-state index contributed by atoms with van der Waals surface area (Å²) < 4.78 is 2.30. The van der Waals surface area contributed by atoms with Gasteiger partial charge in [-0.25, -0.2) is 0 Å². The molecule has 0 unspecified atom stereocenters. The van der Waals surface area contributed by atoms with Crippen LogP contribution in [0.2, 0.25) is 0 Å². The second-order valence-electron chi connectivity index (χ2n) is 3.86. The number of halogens is 1. The lowest BCUT2D eigenvalue weighted by molar-refractivity contribution is 0.625. The largest absolute Gasteiger partial charge is 0.311 e. The Balaban J connectivity index is 2.38. The highest BCUT2D eigenvalue weighted by molar-refractivity contribution is 9.08. The van der Waals surface area contributed by atoms with Gasteiger partial charge in [-0.15, -0.1) is 10.2 Å². The summed E-state index contributed by atoms with van der Waals surface area (Å²) in [5.41, 5.74) is 0. The lowest BCUT2D eigenvalue weighted by Gasteiger charge is -2.09. The van der Waals surface area contributed by atoms with Crippen LogP contribution in [0.1, 0.15) is 50.3 Å². The molecular weight excluding hydrogens is 230 g/mol. The van der Waals surface area contributed by atoms with E-state index in [4.69, 9.17) is 0 Å². The number of hydrogen-bond donors (Lipinski definition) is 0. The summed E-state index contributed by atoms with van der Waals surface area (Å²) in [6, 6.07) is 0.681. The maximum absolute atomic E-state index is 4.23. The first-order valence-corrected chi connectivity index (χ1v) is 5.85. The third-order valence-electron chi connectivity index (χ3n) is 2.34. The summed E-state index contributed by atoms with van der Waals surface area (Å²) in [5.74, 6) is 2.68. The molecule has 1 fully saturated rings. The number of rotatable bonds is 3. The minimum atomic E-state index is 0.473. The predicted molar refractivity (Wildman–Crippen MR) is 55.0 cm³/mol. The zero-order valence-corrected chi connectivity index (χ0v) is 9.58. The average Bonchev–Trinajstić information content (AvgIpc) is 2.84. The van der Waals surface area contributed by atoms with Gasteiger partial charge in [0, 0.05) is 12.0 Å². The van der Waals surface area contributed by atoms with Gasteiger partial charge in [0.05, 0.1) is 5.33 Å². The molecule has 4 heteroatoms. The van der Waals surface area contributed by atoms with Crippen molar-refractivity contribution in [2.24, 2.45) is 0 Å². The minimum absolute atomic E-state index is 0.473. The summed E-state index contributed by atoms with van der Waals surface area (Å²) in [4.78, 5) is 0. The highest BCUT2D eigenvalue weighted by Gasteiger charge is 2.29. The molecule has 1 aliphatic carbocycles. The van der Waals surface area contributed by atoms with Crippen LogP contribution in [-0.2, 0) is 5.33 Å². The van der Waals surface area contributed by atoms with Gasteiger partial charge in [-0.3, -0.25) is 0 Å². The Morgan fingerprint density at radius 1 is 1.46 bits per heavy atom. The van der Waals surface area contributed by atoms with Gasteiger partial charge in [-0.2, -0.15) is 0 Å². The van der Waals surface area contributed by atoms with E-state index in [-0.39, 0.29) is 0 Å². The quantitative estimate of drug-likeness (QED) is 0.765. The van der Waals surface area contributed by atoms with Gasteiger partial charge in [-0.05, 0) is 12.8 Å². The third kappa shape index (κ3) is 1.64. The van der Waals surface area contributed by atoms with E-state index >= 15 is 0 Å². The van der Waals surface area contributed by atoms with E-state index in [0.717, 1.165) is 17.0 Å². The molecule has 0 amide bonds. The van der Waals surface area contributed by atoms with E-state index in [9.17, 15) is 0 Å². The van der Waals surface area contributed by atoms with Crippen LogP contribution >= 0.6 is 15.9 Å². The molecule has 1 heterocycles. The second-order valence-corrected chi connectivity index (χ2v) is 4.42. The van der Waals surface area contributed by atoms with E-state index in [2.05, 4.69) is 44.5 Å². The Labute approximate surface area is 86.7 Å². The minimum Gasteiger partial charge on any atom is -0.311 e. The molecular formula is C9H14BrN3. The van der Waals surface area contributed by atoms with Gasteiger partial charge in [-0.1, -0.05) is 29.8 Å². The molecule has 0 aromatic carbocycles. The lowest BCUT2D eigenvalue weighted by Crippen LogP contribution is -2.06. The Kier molecular flexibility index (Phi) is 2.41. The first-order chi connectivity index (χ1) is 6.24. The summed E-state index contributed by atoms with van der Waals surface area (Å²) in [5, 5.41) is 9.22. The average molecular weight is 244 g/mol. The fourth-order valence-electron chi connectivity index (χ4n) is 1.55. The van der Waals surface area contributed by atoms with Crippen LogP contribution in [0.3, 0.4) is 0 Å². The Bertz CT molecular complexity index is 302. The zero-order chi connectivity index (χ0) is 9.42. The van der Waals surface area contributed by atoms with Crippen LogP contribution in [0.5, 0.6) is 0 Å². The van der Waals surface area contributed by atoms with Crippen molar-refractivity contribution >= 4 is 15.9 Å². The van der Waals surface area contributed by atoms with Crippen molar-refractivity contribution in [2.75, 3.05) is 0 Å². The Hall–Kier alpha value is -0.380.